The van der Waals surface area contributed by atoms with Crippen LogP contribution in [-0.2, 0) is 4.74 Å². The Balaban J connectivity index is 3.22. The van der Waals surface area contributed by atoms with E-state index >= 15 is 0 Å². The monoisotopic (exact) mass is 337 g/mol. The third-order valence-electron chi connectivity index (χ3n) is 2.34. The summed E-state index contributed by atoms with van der Waals surface area (Å²) in [6.45, 7) is 0.0927. The van der Waals surface area contributed by atoms with Crippen molar-refractivity contribution < 1.29 is 23.9 Å². The number of ether oxygens (including phenoxy) is 3. The number of hydrogen-bond donors (Lipinski definition) is 0. The van der Waals surface area contributed by atoms with Crippen molar-refractivity contribution in [3.8, 4) is 11.5 Å². The number of nitro benzene ring substituents is 1. The summed E-state index contributed by atoms with van der Waals surface area (Å²) in [4.78, 5) is 22.2. The number of nitro groups is 1. The Hall–Kier alpha value is -1.73. The summed E-state index contributed by atoms with van der Waals surface area (Å²) in [6, 6.07) is 2.29. The van der Waals surface area contributed by atoms with Gasteiger partial charge in [-0.15, -0.1) is 23.2 Å². The summed E-state index contributed by atoms with van der Waals surface area (Å²) in [7, 11) is 1.35. The Bertz CT molecular complexity index is 523. The molecule has 7 nitrogen and oxygen atoms in total. The van der Waals surface area contributed by atoms with Gasteiger partial charge in [0.05, 0.1) is 29.9 Å². The third-order valence-corrected chi connectivity index (χ3v) is 2.65. The predicted octanol–water partition coefficient (Wildman–Crippen LogP) is 2.62. The molecule has 21 heavy (non-hydrogen) atoms. The smallest absolute Gasteiger partial charge is 0.345 e. The maximum Gasteiger partial charge on any atom is 0.345 e. The molecule has 0 fully saturated rings. The molecule has 0 radical (unpaired) electrons. The minimum atomic E-state index is -0.857. The first-order valence-electron chi connectivity index (χ1n) is 5.83. The lowest BCUT2D eigenvalue weighted by Crippen LogP contribution is -2.11. The Labute approximate surface area is 130 Å². The van der Waals surface area contributed by atoms with E-state index in [-0.39, 0.29) is 42.0 Å². The van der Waals surface area contributed by atoms with Gasteiger partial charge < -0.3 is 14.2 Å². The summed E-state index contributed by atoms with van der Waals surface area (Å²) in [5.74, 6) is -0.267. The summed E-state index contributed by atoms with van der Waals surface area (Å²) >= 11 is 10.9. The van der Waals surface area contributed by atoms with Crippen LogP contribution in [0.4, 0.5) is 5.69 Å². The third kappa shape index (κ3) is 4.64. The van der Waals surface area contributed by atoms with Crippen molar-refractivity contribution in [2.75, 3.05) is 32.1 Å². The molecule has 0 amide bonds. The van der Waals surface area contributed by atoms with Crippen molar-refractivity contribution in [1.29, 1.82) is 0 Å². The maximum atomic E-state index is 11.8. The zero-order chi connectivity index (χ0) is 15.8. The van der Waals surface area contributed by atoms with E-state index in [1.807, 2.05) is 0 Å². The van der Waals surface area contributed by atoms with Gasteiger partial charge in [-0.25, -0.2) is 4.79 Å². The van der Waals surface area contributed by atoms with Crippen molar-refractivity contribution in [3.63, 3.8) is 0 Å². The Morgan fingerprint density at radius 1 is 1.24 bits per heavy atom. The van der Waals surface area contributed by atoms with Gasteiger partial charge in [0.2, 0.25) is 0 Å². The molecule has 0 spiro atoms. The summed E-state index contributed by atoms with van der Waals surface area (Å²) in [5.41, 5.74) is -0.680. The van der Waals surface area contributed by atoms with Gasteiger partial charge in [0.25, 0.3) is 5.69 Å². The highest BCUT2D eigenvalue weighted by Crippen LogP contribution is 2.35. The SMILES string of the molecule is COc1cc(C(=O)OCCCl)c([N+](=O)[O-])cc1OCCCl. The quantitative estimate of drug-likeness (QED) is 0.313. The number of alkyl halides is 2. The topological polar surface area (TPSA) is 87.9 Å². The molecule has 0 aliphatic carbocycles. The zero-order valence-corrected chi connectivity index (χ0v) is 12.6. The first kappa shape index (κ1) is 17.3. The van der Waals surface area contributed by atoms with Gasteiger partial charge in [0, 0.05) is 6.07 Å². The lowest BCUT2D eigenvalue weighted by molar-refractivity contribution is -0.385. The molecule has 1 rings (SSSR count). The van der Waals surface area contributed by atoms with E-state index < -0.39 is 16.6 Å². The molecule has 0 heterocycles. The number of benzene rings is 1. The summed E-state index contributed by atoms with van der Waals surface area (Å²) in [5, 5.41) is 11.1. The standard InChI is InChI=1S/C12H13Cl2NO6/c1-19-10-6-8(12(16)21-5-3-14)9(15(17)18)7-11(10)20-4-2-13/h6-7H,2-5H2,1H3. The molecule has 0 atom stereocenters. The number of hydrogen-bond acceptors (Lipinski definition) is 6. The van der Waals surface area contributed by atoms with Crippen molar-refractivity contribution in [3.05, 3.63) is 27.8 Å². The molecule has 1 aromatic rings. The van der Waals surface area contributed by atoms with Gasteiger partial charge in [-0.3, -0.25) is 10.1 Å². The average Bonchev–Trinajstić information content (AvgIpc) is 2.49. The fourth-order valence-electron chi connectivity index (χ4n) is 1.49. The predicted molar refractivity (Wildman–Crippen MR) is 76.9 cm³/mol. The molecule has 1 aromatic carbocycles. The molecule has 0 aliphatic heterocycles. The number of rotatable bonds is 8. The molecule has 0 aliphatic rings. The molecule has 0 saturated heterocycles. The summed E-state index contributed by atoms with van der Waals surface area (Å²) in [6.07, 6.45) is 0. The minimum Gasteiger partial charge on any atom is -0.493 e. The van der Waals surface area contributed by atoms with E-state index in [9.17, 15) is 14.9 Å². The van der Waals surface area contributed by atoms with Crippen LogP contribution >= 0.6 is 23.2 Å². The fraction of sp³-hybridized carbons (Fsp3) is 0.417. The van der Waals surface area contributed by atoms with E-state index in [2.05, 4.69) is 0 Å². The van der Waals surface area contributed by atoms with Gasteiger partial charge in [-0.1, -0.05) is 0 Å². The Kier molecular flexibility index (Phi) is 7.04. The van der Waals surface area contributed by atoms with Gasteiger partial charge in [0.1, 0.15) is 18.8 Å². The number of methoxy groups -OCH3 is 1. The van der Waals surface area contributed by atoms with Crippen LogP contribution in [0.1, 0.15) is 10.4 Å². The molecule has 0 aromatic heterocycles. The number of carbonyl (C=O) groups is 1. The van der Waals surface area contributed by atoms with Crippen LogP contribution in [0.5, 0.6) is 11.5 Å². The molecule has 0 bridgehead atoms. The number of nitrogens with zero attached hydrogens (tertiary/aromatic N) is 1. The summed E-state index contributed by atoms with van der Waals surface area (Å²) < 4.78 is 15.1. The second kappa shape index (κ2) is 8.53. The number of carbonyl (C=O) groups excluding carboxylic acids is 1. The van der Waals surface area contributed by atoms with Crippen LogP contribution in [0.15, 0.2) is 12.1 Å². The fourth-order valence-corrected chi connectivity index (χ4v) is 1.65. The zero-order valence-electron chi connectivity index (χ0n) is 11.1. The van der Waals surface area contributed by atoms with Gasteiger partial charge in [-0.05, 0) is 0 Å². The highest BCUT2D eigenvalue weighted by atomic mass is 35.5. The van der Waals surface area contributed by atoms with Crippen LogP contribution in [0.2, 0.25) is 0 Å². The maximum absolute atomic E-state index is 11.8. The van der Waals surface area contributed by atoms with Gasteiger partial charge >= 0.3 is 5.97 Å². The first-order chi connectivity index (χ1) is 10.0. The van der Waals surface area contributed by atoms with E-state index in [1.165, 1.54) is 13.2 Å². The van der Waals surface area contributed by atoms with Crippen LogP contribution < -0.4 is 9.47 Å². The highest BCUT2D eigenvalue weighted by Gasteiger charge is 2.25. The van der Waals surface area contributed by atoms with E-state index in [0.29, 0.717) is 0 Å². The van der Waals surface area contributed by atoms with Crippen molar-refractivity contribution in [1.82, 2.24) is 0 Å². The van der Waals surface area contributed by atoms with Crippen molar-refractivity contribution in [2.45, 2.75) is 0 Å². The number of esters is 1. The lowest BCUT2D eigenvalue weighted by Gasteiger charge is -2.11. The molecule has 9 heteroatoms. The molecule has 0 N–H and O–H groups in total. The molecule has 0 unspecified atom stereocenters. The molecular formula is C12H13Cl2NO6. The Morgan fingerprint density at radius 2 is 1.90 bits per heavy atom. The van der Waals surface area contributed by atoms with Crippen molar-refractivity contribution in [2.24, 2.45) is 0 Å². The van der Waals surface area contributed by atoms with Crippen LogP contribution in [0, 0.1) is 10.1 Å². The second-order valence-corrected chi connectivity index (χ2v) is 4.40. The minimum absolute atomic E-state index is 0.0512. The second-order valence-electron chi connectivity index (χ2n) is 3.64. The van der Waals surface area contributed by atoms with Gasteiger partial charge in [-0.2, -0.15) is 0 Å². The number of halogens is 2. The lowest BCUT2D eigenvalue weighted by atomic mass is 10.1. The van der Waals surface area contributed by atoms with Crippen LogP contribution in [0.3, 0.4) is 0 Å². The van der Waals surface area contributed by atoms with E-state index in [4.69, 9.17) is 37.4 Å². The van der Waals surface area contributed by atoms with E-state index in [1.54, 1.807) is 0 Å². The first-order valence-corrected chi connectivity index (χ1v) is 6.90. The highest BCUT2D eigenvalue weighted by molar-refractivity contribution is 6.18. The van der Waals surface area contributed by atoms with Crippen LogP contribution in [0.25, 0.3) is 0 Å². The largest absolute Gasteiger partial charge is 0.493 e. The molecule has 116 valence electrons. The average molecular weight is 338 g/mol. The van der Waals surface area contributed by atoms with Crippen LogP contribution in [-0.4, -0.2) is 43.0 Å². The van der Waals surface area contributed by atoms with E-state index in [0.717, 1.165) is 6.07 Å². The van der Waals surface area contributed by atoms with Crippen molar-refractivity contribution >= 4 is 34.9 Å². The molecular weight excluding hydrogens is 325 g/mol. The van der Waals surface area contributed by atoms with Gasteiger partial charge in [0.15, 0.2) is 11.5 Å². The normalized spacial score (nSPS) is 10.0. The Morgan fingerprint density at radius 3 is 2.43 bits per heavy atom. The molecule has 0 saturated carbocycles.